The SMILES string of the molecule is CC1=C(C(=O)OC2CCCCC2)C(c2cccc(OC(C)C)c2)n2nc(SCc3ccccc3)nc2N1. The van der Waals surface area contributed by atoms with Crippen LogP contribution in [0, 0.1) is 0 Å². The van der Waals surface area contributed by atoms with Crippen LogP contribution in [0.3, 0.4) is 0 Å². The zero-order chi connectivity index (χ0) is 25.8. The molecule has 2 aromatic carbocycles. The van der Waals surface area contributed by atoms with E-state index in [1.807, 2.05) is 67.9 Å². The molecule has 1 aliphatic heterocycles. The molecule has 0 saturated heterocycles. The number of nitrogens with one attached hydrogen (secondary N) is 1. The van der Waals surface area contributed by atoms with Crippen molar-refractivity contribution >= 4 is 23.7 Å². The average Bonchev–Trinajstić information content (AvgIpc) is 3.30. The molecule has 0 spiro atoms. The lowest BCUT2D eigenvalue weighted by Gasteiger charge is -2.30. The average molecular weight is 519 g/mol. The third-order valence-electron chi connectivity index (χ3n) is 6.64. The molecular weight excluding hydrogens is 484 g/mol. The summed E-state index contributed by atoms with van der Waals surface area (Å²) in [5, 5.41) is 8.82. The van der Waals surface area contributed by atoms with Crippen LogP contribution >= 0.6 is 11.8 Å². The summed E-state index contributed by atoms with van der Waals surface area (Å²) in [6.45, 7) is 5.91. The van der Waals surface area contributed by atoms with Crippen molar-refractivity contribution in [2.75, 3.05) is 5.32 Å². The Balaban J connectivity index is 1.48. The van der Waals surface area contributed by atoms with Crippen molar-refractivity contribution in [1.29, 1.82) is 0 Å². The summed E-state index contributed by atoms with van der Waals surface area (Å²) >= 11 is 1.57. The predicted molar refractivity (Wildman–Crippen MR) is 146 cm³/mol. The summed E-state index contributed by atoms with van der Waals surface area (Å²) < 4.78 is 13.8. The second kappa shape index (κ2) is 11.4. The molecule has 194 valence electrons. The maximum absolute atomic E-state index is 13.6. The molecule has 3 aromatic rings. The van der Waals surface area contributed by atoms with Gasteiger partial charge in [0.2, 0.25) is 11.1 Å². The molecule has 1 aromatic heterocycles. The highest BCUT2D eigenvalue weighted by molar-refractivity contribution is 7.98. The summed E-state index contributed by atoms with van der Waals surface area (Å²) in [4.78, 5) is 18.4. The fraction of sp³-hybridized carbons (Fsp3) is 0.414. The van der Waals surface area contributed by atoms with Crippen molar-refractivity contribution in [3.8, 4) is 5.75 Å². The standard InChI is InChI=1S/C29H34N4O3S/c1-19(2)35-24-16-10-13-22(17-24)26-25(27(34)36-23-14-8-5-9-15-23)20(3)30-28-31-29(32-33(26)28)37-18-21-11-6-4-7-12-21/h4,6-7,10-13,16-17,19,23,26H,5,8-9,14-15,18H2,1-3H3,(H,30,31,32). The van der Waals surface area contributed by atoms with E-state index in [-0.39, 0.29) is 18.2 Å². The van der Waals surface area contributed by atoms with Crippen molar-refractivity contribution in [1.82, 2.24) is 14.8 Å². The number of carbonyl (C=O) groups is 1. The van der Waals surface area contributed by atoms with E-state index in [2.05, 4.69) is 17.4 Å². The van der Waals surface area contributed by atoms with Crippen molar-refractivity contribution < 1.29 is 14.3 Å². The van der Waals surface area contributed by atoms with Crippen molar-refractivity contribution in [3.63, 3.8) is 0 Å². The molecule has 1 atom stereocenters. The summed E-state index contributed by atoms with van der Waals surface area (Å²) in [5.74, 6) is 1.83. The minimum Gasteiger partial charge on any atom is -0.491 e. The number of rotatable bonds is 8. The van der Waals surface area contributed by atoms with Crippen LogP contribution in [0.15, 0.2) is 71.0 Å². The number of anilines is 1. The topological polar surface area (TPSA) is 78.3 Å². The third kappa shape index (κ3) is 6.01. The first kappa shape index (κ1) is 25.4. The van der Waals surface area contributed by atoms with Crippen LogP contribution in [0.5, 0.6) is 5.75 Å². The number of fused-ring (bicyclic) bond motifs is 1. The van der Waals surface area contributed by atoms with E-state index in [0.717, 1.165) is 48.4 Å². The Hall–Kier alpha value is -3.26. The fourth-order valence-corrected chi connectivity index (χ4v) is 5.70. The molecule has 7 nitrogen and oxygen atoms in total. The Kier molecular flexibility index (Phi) is 7.84. The number of allylic oxidation sites excluding steroid dienone is 1. The van der Waals surface area contributed by atoms with Crippen molar-refractivity contribution in [2.45, 2.75) is 82.0 Å². The second-order valence-electron chi connectivity index (χ2n) is 9.91. The summed E-state index contributed by atoms with van der Waals surface area (Å²) in [6.07, 6.45) is 5.24. The van der Waals surface area contributed by atoms with Crippen LogP contribution in [0.4, 0.5) is 5.95 Å². The van der Waals surface area contributed by atoms with Crippen LogP contribution < -0.4 is 10.1 Å². The molecule has 0 amide bonds. The molecule has 1 fully saturated rings. The summed E-state index contributed by atoms with van der Waals surface area (Å²) in [5.41, 5.74) is 3.40. The van der Waals surface area contributed by atoms with Crippen LogP contribution in [-0.4, -0.2) is 32.9 Å². The number of benzene rings is 2. The van der Waals surface area contributed by atoms with Crippen LogP contribution in [-0.2, 0) is 15.3 Å². The normalized spacial score (nSPS) is 17.9. The number of ether oxygens (including phenoxy) is 2. The Bertz CT molecular complexity index is 1270. The van der Waals surface area contributed by atoms with Crippen LogP contribution in [0.1, 0.15) is 70.0 Å². The van der Waals surface area contributed by atoms with Gasteiger partial charge in [0.15, 0.2) is 0 Å². The highest BCUT2D eigenvalue weighted by Crippen LogP contribution is 2.38. The molecule has 1 aliphatic carbocycles. The maximum atomic E-state index is 13.6. The van der Waals surface area contributed by atoms with E-state index in [4.69, 9.17) is 19.6 Å². The van der Waals surface area contributed by atoms with Gasteiger partial charge in [-0.1, -0.05) is 60.6 Å². The lowest BCUT2D eigenvalue weighted by molar-refractivity contribution is -0.146. The lowest BCUT2D eigenvalue weighted by atomic mass is 9.94. The Labute approximate surface area is 222 Å². The second-order valence-corrected chi connectivity index (χ2v) is 10.8. The van der Waals surface area contributed by atoms with Crippen molar-refractivity contribution in [2.24, 2.45) is 0 Å². The first-order chi connectivity index (χ1) is 18.0. The number of aromatic nitrogens is 3. The van der Waals surface area contributed by atoms with E-state index in [9.17, 15) is 4.79 Å². The maximum Gasteiger partial charge on any atom is 0.338 e. The zero-order valence-electron chi connectivity index (χ0n) is 21.6. The van der Waals surface area contributed by atoms with Crippen molar-refractivity contribution in [3.05, 3.63) is 77.0 Å². The summed E-state index contributed by atoms with van der Waals surface area (Å²) in [6, 6.07) is 17.7. The number of carbonyl (C=O) groups excluding carboxylic acids is 1. The molecule has 0 radical (unpaired) electrons. The summed E-state index contributed by atoms with van der Waals surface area (Å²) in [7, 11) is 0. The van der Waals surface area contributed by atoms with E-state index < -0.39 is 6.04 Å². The van der Waals surface area contributed by atoms with Gasteiger partial charge >= 0.3 is 5.97 Å². The Morgan fingerprint density at radius 2 is 1.89 bits per heavy atom. The number of hydrogen-bond donors (Lipinski definition) is 1. The first-order valence-electron chi connectivity index (χ1n) is 13.1. The zero-order valence-corrected chi connectivity index (χ0v) is 22.5. The number of hydrogen-bond acceptors (Lipinski definition) is 7. The van der Waals surface area contributed by atoms with E-state index in [1.165, 1.54) is 12.0 Å². The van der Waals surface area contributed by atoms with E-state index in [0.29, 0.717) is 16.7 Å². The molecule has 8 heteroatoms. The van der Waals surface area contributed by atoms with Gasteiger partial charge in [-0.05, 0) is 69.7 Å². The monoisotopic (exact) mass is 518 g/mol. The van der Waals surface area contributed by atoms with Gasteiger partial charge in [-0.3, -0.25) is 0 Å². The molecule has 2 aliphatic rings. The number of nitrogens with zero attached hydrogens (tertiary/aromatic N) is 3. The molecule has 1 unspecified atom stereocenters. The van der Waals surface area contributed by atoms with Crippen LogP contribution in [0.2, 0.25) is 0 Å². The molecule has 1 saturated carbocycles. The van der Waals surface area contributed by atoms with Gasteiger partial charge in [0.05, 0.1) is 11.7 Å². The van der Waals surface area contributed by atoms with E-state index in [1.54, 1.807) is 11.8 Å². The first-order valence-corrected chi connectivity index (χ1v) is 14.0. The molecule has 37 heavy (non-hydrogen) atoms. The van der Waals surface area contributed by atoms with Gasteiger partial charge in [-0.25, -0.2) is 9.48 Å². The highest BCUT2D eigenvalue weighted by atomic mass is 32.2. The largest absolute Gasteiger partial charge is 0.491 e. The quantitative estimate of drug-likeness (QED) is 0.269. The molecule has 0 bridgehead atoms. The van der Waals surface area contributed by atoms with Gasteiger partial charge in [-0.2, -0.15) is 4.98 Å². The van der Waals surface area contributed by atoms with Gasteiger partial charge in [0.1, 0.15) is 17.9 Å². The molecule has 2 heterocycles. The lowest BCUT2D eigenvalue weighted by Crippen LogP contribution is -2.32. The predicted octanol–water partition coefficient (Wildman–Crippen LogP) is 6.52. The molecule has 1 N–H and O–H groups in total. The molecular formula is C29H34N4O3S. The smallest absolute Gasteiger partial charge is 0.338 e. The highest BCUT2D eigenvalue weighted by Gasteiger charge is 2.36. The fourth-order valence-electron chi connectivity index (χ4n) is 4.92. The Morgan fingerprint density at radius 1 is 1.11 bits per heavy atom. The third-order valence-corrected chi connectivity index (χ3v) is 7.54. The van der Waals surface area contributed by atoms with E-state index >= 15 is 0 Å². The van der Waals surface area contributed by atoms with Gasteiger partial charge in [0, 0.05) is 11.4 Å². The van der Waals surface area contributed by atoms with Crippen LogP contribution in [0.25, 0.3) is 0 Å². The minimum atomic E-state index is -0.471. The van der Waals surface area contributed by atoms with Gasteiger partial charge in [-0.15, -0.1) is 5.10 Å². The van der Waals surface area contributed by atoms with Gasteiger partial charge in [0.25, 0.3) is 0 Å². The Morgan fingerprint density at radius 3 is 2.65 bits per heavy atom. The van der Waals surface area contributed by atoms with Gasteiger partial charge < -0.3 is 14.8 Å². The number of esters is 1. The minimum absolute atomic E-state index is 0.0352. The molecule has 5 rings (SSSR count). The number of thioether (sulfide) groups is 1.